The average molecular weight is 504 g/mol. The van der Waals surface area contributed by atoms with Crippen molar-refractivity contribution in [1.82, 2.24) is 0 Å². The van der Waals surface area contributed by atoms with Crippen molar-refractivity contribution in [2.75, 3.05) is 11.9 Å². The predicted molar refractivity (Wildman–Crippen MR) is 125 cm³/mol. The molecule has 4 rings (SSSR count). The van der Waals surface area contributed by atoms with E-state index in [1.54, 1.807) is 0 Å². The van der Waals surface area contributed by atoms with E-state index in [0.29, 0.717) is 30.8 Å². The van der Waals surface area contributed by atoms with Crippen LogP contribution in [0.1, 0.15) is 39.4 Å². The van der Waals surface area contributed by atoms with Crippen molar-refractivity contribution >= 4 is 29.2 Å². The average Bonchev–Trinajstić information content (AvgIpc) is 3.60. The SMILES string of the molecule is O=C(Nc1cc([C@H]2C[C@H]2C(=O)O)ccc1C(F)(F)F)c1ccc(OCCc2ccccc2)cc1Cl. The van der Waals surface area contributed by atoms with Gasteiger partial charge in [0.05, 0.1) is 34.4 Å². The highest BCUT2D eigenvalue weighted by Crippen LogP contribution is 2.49. The Hall–Kier alpha value is -3.52. The highest BCUT2D eigenvalue weighted by molar-refractivity contribution is 6.34. The highest BCUT2D eigenvalue weighted by Gasteiger charge is 2.45. The molecule has 3 aromatic carbocycles. The number of carboxylic acid groups (broad SMARTS) is 1. The zero-order valence-corrected chi connectivity index (χ0v) is 19.1. The summed E-state index contributed by atoms with van der Waals surface area (Å²) in [4.78, 5) is 23.9. The van der Waals surface area contributed by atoms with Crippen molar-refractivity contribution < 1.29 is 32.6 Å². The summed E-state index contributed by atoms with van der Waals surface area (Å²) in [6, 6.07) is 17.3. The zero-order chi connectivity index (χ0) is 25.2. The fourth-order valence-corrected chi connectivity index (χ4v) is 4.13. The minimum atomic E-state index is -4.71. The Morgan fingerprint density at radius 3 is 2.43 bits per heavy atom. The molecule has 1 saturated carbocycles. The standard InChI is InChI=1S/C26H21ClF3NO4/c27-22-13-17(35-11-10-15-4-2-1-3-5-15)7-8-18(22)24(32)31-23-12-16(19-14-20(19)25(33)34)6-9-21(23)26(28,29)30/h1-9,12-13,19-20H,10-11,14H2,(H,31,32)(H,33,34)/t19-,20-/m1/s1. The van der Waals surface area contributed by atoms with Gasteiger partial charge in [-0.05, 0) is 53.8 Å². The number of aliphatic carboxylic acids is 1. The van der Waals surface area contributed by atoms with Crippen LogP contribution >= 0.6 is 11.6 Å². The summed E-state index contributed by atoms with van der Waals surface area (Å²) >= 11 is 6.23. The van der Waals surface area contributed by atoms with Gasteiger partial charge >= 0.3 is 12.1 Å². The third-order valence-corrected chi connectivity index (χ3v) is 6.13. The molecule has 1 aliphatic rings. The van der Waals surface area contributed by atoms with Gasteiger partial charge in [-0.25, -0.2) is 0 Å². The van der Waals surface area contributed by atoms with Crippen molar-refractivity contribution in [1.29, 1.82) is 0 Å². The van der Waals surface area contributed by atoms with Gasteiger partial charge in [-0.15, -0.1) is 0 Å². The summed E-state index contributed by atoms with van der Waals surface area (Å²) in [5.74, 6) is -2.42. The topological polar surface area (TPSA) is 75.6 Å². The largest absolute Gasteiger partial charge is 0.493 e. The number of carbonyl (C=O) groups excluding carboxylic acids is 1. The first-order valence-electron chi connectivity index (χ1n) is 10.8. The lowest BCUT2D eigenvalue weighted by molar-refractivity contribution is -0.139. The molecule has 3 aromatic rings. The summed E-state index contributed by atoms with van der Waals surface area (Å²) < 4.78 is 46.3. The van der Waals surface area contributed by atoms with E-state index < -0.39 is 35.2 Å². The second-order valence-corrected chi connectivity index (χ2v) is 8.68. The van der Waals surface area contributed by atoms with Gasteiger partial charge in [0.1, 0.15) is 5.75 Å². The molecule has 0 saturated heterocycles. The molecule has 0 bridgehead atoms. The Morgan fingerprint density at radius 2 is 1.80 bits per heavy atom. The molecular weight excluding hydrogens is 483 g/mol. The number of benzene rings is 3. The van der Waals surface area contributed by atoms with E-state index >= 15 is 0 Å². The normalized spacial score (nSPS) is 17.0. The van der Waals surface area contributed by atoms with Gasteiger partial charge < -0.3 is 15.2 Å². The molecule has 1 fully saturated rings. The Labute approximate surface area is 204 Å². The minimum Gasteiger partial charge on any atom is -0.493 e. The number of carbonyl (C=O) groups is 2. The van der Waals surface area contributed by atoms with Gasteiger partial charge in [-0.2, -0.15) is 13.2 Å². The molecule has 1 amide bonds. The highest BCUT2D eigenvalue weighted by atomic mass is 35.5. The van der Waals surface area contributed by atoms with Gasteiger partial charge in [-0.1, -0.05) is 48.0 Å². The maximum absolute atomic E-state index is 13.5. The van der Waals surface area contributed by atoms with Gasteiger partial charge in [0.15, 0.2) is 0 Å². The first-order valence-corrected chi connectivity index (χ1v) is 11.2. The molecule has 0 heterocycles. The maximum atomic E-state index is 13.5. The Bertz CT molecular complexity index is 1250. The van der Waals surface area contributed by atoms with Crippen molar-refractivity contribution in [3.63, 3.8) is 0 Å². The van der Waals surface area contributed by atoms with Crippen LogP contribution in [0, 0.1) is 5.92 Å². The third kappa shape index (κ3) is 5.95. The number of rotatable bonds is 8. The number of ether oxygens (including phenoxy) is 1. The second-order valence-electron chi connectivity index (χ2n) is 8.27. The van der Waals surface area contributed by atoms with Crippen LogP contribution in [0.3, 0.4) is 0 Å². The van der Waals surface area contributed by atoms with E-state index in [-0.39, 0.29) is 16.5 Å². The van der Waals surface area contributed by atoms with E-state index in [4.69, 9.17) is 21.4 Å². The number of anilines is 1. The summed E-state index contributed by atoms with van der Waals surface area (Å²) in [5.41, 5.74) is 0.0250. The third-order valence-electron chi connectivity index (χ3n) is 5.82. The lowest BCUT2D eigenvalue weighted by Gasteiger charge is -2.16. The molecule has 0 aliphatic heterocycles. The van der Waals surface area contributed by atoms with E-state index in [1.165, 1.54) is 30.3 Å². The zero-order valence-electron chi connectivity index (χ0n) is 18.3. The summed E-state index contributed by atoms with van der Waals surface area (Å²) in [7, 11) is 0. The molecule has 182 valence electrons. The number of nitrogens with one attached hydrogen (secondary N) is 1. The van der Waals surface area contributed by atoms with Crippen molar-refractivity contribution in [3.8, 4) is 5.75 Å². The molecule has 0 aromatic heterocycles. The monoisotopic (exact) mass is 503 g/mol. The molecule has 2 N–H and O–H groups in total. The minimum absolute atomic E-state index is 0.0181. The summed E-state index contributed by atoms with van der Waals surface area (Å²) in [6.07, 6.45) is -3.70. The molecule has 0 radical (unpaired) electrons. The molecule has 5 nitrogen and oxygen atoms in total. The quantitative estimate of drug-likeness (QED) is 0.372. The molecule has 2 atom stereocenters. The fourth-order valence-electron chi connectivity index (χ4n) is 3.87. The molecule has 9 heteroatoms. The van der Waals surface area contributed by atoms with Crippen LogP contribution in [0.5, 0.6) is 5.75 Å². The van der Waals surface area contributed by atoms with Crippen LogP contribution < -0.4 is 10.1 Å². The molecule has 0 unspecified atom stereocenters. The fraction of sp³-hybridized carbons (Fsp3) is 0.231. The van der Waals surface area contributed by atoms with E-state index in [2.05, 4.69) is 5.32 Å². The molecular formula is C26H21ClF3NO4. The summed E-state index contributed by atoms with van der Waals surface area (Å²) in [6.45, 7) is 0.381. The van der Waals surface area contributed by atoms with Crippen molar-refractivity contribution in [2.45, 2.75) is 24.9 Å². The van der Waals surface area contributed by atoms with Gasteiger partial charge in [0.2, 0.25) is 0 Å². The maximum Gasteiger partial charge on any atom is 0.418 e. The Kier molecular flexibility index (Phi) is 7.03. The number of amides is 1. The first kappa shape index (κ1) is 24.6. The Balaban J connectivity index is 1.48. The van der Waals surface area contributed by atoms with Gasteiger partial charge in [0.25, 0.3) is 5.91 Å². The molecule has 35 heavy (non-hydrogen) atoms. The van der Waals surface area contributed by atoms with Crippen LogP contribution in [-0.2, 0) is 17.4 Å². The van der Waals surface area contributed by atoms with Crippen LogP contribution in [0.4, 0.5) is 18.9 Å². The van der Waals surface area contributed by atoms with Crippen LogP contribution in [0.25, 0.3) is 0 Å². The predicted octanol–water partition coefficient (Wildman–Crippen LogP) is 6.42. The van der Waals surface area contributed by atoms with Crippen LogP contribution in [-0.4, -0.2) is 23.6 Å². The second kappa shape index (κ2) is 10.00. The van der Waals surface area contributed by atoms with Crippen LogP contribution in [0.15, 0.2) is 66.7 Å². The van der Waals surface area contributed by atoms with Gasteiger partial charge in [-0.3, -0.25) is 9.59 Å². The van der Waals surface area contributed by atoms with E-state index in [1.807, 2.05) is 30.3 Å². The Morgan fingerprint density at radius 1 is 1.06 bits per heavy atom. The lowest BCUT2D eigenvalue weighted by atomic mass is 10.0. The number of hydrogen-bond acceptors (Lipinski definition) is 3. The van der Waals surface area contributed by atoms with Crippen molar-refractivity contribution in [2.24, 2.45) is 5.92 Å². The molecule has 0 spiro atoms. The smallest absolute Gasteiger partial charge is 0.418 e. The van der Waals surface area contributed by atoms with Gasteiger partial charge in [0, 0.05) is 6.42 Å². The van der Waals surface area contributed by atoms with E-state index in [0.717, 1.165) is 11.6 Å². The first-order chi connectivity index (χ1) is 16.6. The number of hydrogen-bond donors (Lipinski definition) is 2. The van der Waals surface area contributed by atoms with Crippen molar-refractivity contribution in [3.05, 3.63) is 94.0 Å². The lowest BCUT2D eigenvalue weighted by Crippen LogP contribution is -2.17. The molecule has 1 aliphatic carbocycles. The number of halogens is 4. The van der Waals surface area contributed by atoms with E-state index in [9.17, 15) is 22.8 Å². The summed E-state index contributed by atoms with van der Waals surface area (Å²) in [5, 5.41) is 11.4. The number of carboxylic acids is 1. The number of alkyl halides is 3. The van der Waals surface area contributed by atoms with Crippen LogP contribution in [0.2, 0.25) is 5.02 Å².